The summed E-state index contributed by atoms with van der Waals surface area (Å²) in [5, 5.41) is 7.80. The third-order valence-corrected chi connectivity index (χ3v) is 6.08. The molecule has 0 radical (unpaired) electrons. The largest absolute Gasteiger partial charge is 0.379 e. The van der Waals surface area contributed by atoms with E-state index < -0.39 is 0 Å². The Hall–Kier alpha value is -3.14. The number of aromatic nitrogens is 3. The van der Waals surface area contributed by atoms with Crippen LogP contribution in [0, 0.1) is 5.82 Å². The molecule has 0 spiro atoms. The second kappa shape index (κ2) is 9.38. The second-order valence-electron chi connectivity index (χ2n) is 8.50. The van der Waals surface area contributed by atoms with E-state index in [-0.39, 0.29) is 11.7 Å². The number of rotatable bonds is 5. The zero-order valence-corrected chi connectivity index (χ0v) is 18.6. The smallest absolute Gasteiger partial charge is 0.239 e. The second-order valence-corrected chi connectivity index (χ2v) is 8.50. The van der Waals surface area contributed by atoms with Crippen molar-refractivity contribution in [3.05, 3.63) is 54.1 Å². The summed E-state index contributed by atoms with van der Waals surface area (Å²) in [6.45, 7) is 5.55. The molecular formula is C24H27FN6O2. The highest BCUT2D eigenvalue weighted by atomic mass is 19.1. The molecular weight excluding hydrogens is 423 g/mol. The van der Waals surface area contributed by atoms with Crippen LogP contribution in [0.3, 0.4) is 0 Å². The lowest BCUT2D eigenvalue weighted by molar-refractivity contribution is -0.118. The number of likely N-dealkylation sites (N-methyl/N-ethyl adjacent to an activating group) is 1. The molecule has 0 unspecified atom stereocenters. The summed E-state index contributed by atoms with van der Waals surface area (Å²) >= 11 is 0. The van der Waals surface area contributed by atoms with E-state index in [0.29, 0.717) is 25.6 Å². The van der Waals surface area contributed by atoms with Gasteiger partial charge in [0.25, 0.3) is 0 Å². The zero-order chi connectivity index (χ0) is 22.8. The molecule has 5 rings (SSSR count). The van der Waals surface area contributed by atoms with Gasteiger partial charge in [0.15, 0.2) is 0 Å². The molecule has 1 aromatic carbocycles. The van der Waals surface area contributed by atoms with Crippen molar-refractivity contribution in [2.75, 3.05) is 51.8 Å². The minimum Gasteiger partial charge on any atom is -0.379 e. The van der Waals surface area contributed by atoms with Crippen LogP contribution in [0.1, 0.15) is 5.69 Å². The molecule has 1 saturated heterocycles. The molecule has 9 heteroatoms. The third-order valence-electron chi connectivity index (χ3n) is 6.08. The predicted molar refractivity (Wildman–Crippen MR) is 123 cm³/mol. The van der Waals surface area contributed by atoms with Gasteiger partial charge in [0.05, 0.1) is 32.0 Å². The van der Waals surface area contributed by atoms with E-state index in [2.05, 4.69) is 27.1 Å². The van der Waals surface area contributed by atoms with Crippen molar-refractivity contribution in [1.29, 1.82) is 0 Å². The van der Waals surface area contributed by atoms with Crippen LogP contribution in [0.5, 0.6) is 0 Å². The number of carbonyl (C=O) groups excluding carboxylic acids is 1. The molecule has 0 saturated carbocycles. The normalized spacial score (nSPS) is 17.0. The standard InChI is InChI=1S/C24H27FN6O2/c1-29-8-9-31-20(15-29)23(24(28-31)17-2-4-19(25)5-3-17)18-6-7-26-21(14-18)27-22(32)16-30-10-12-33-13-11-30/h2-7,14H,8-13,15-16H2,1H3,(H,26,27,32). The van der Waals surface area contributed by atoms with E-state index >= 15 is 0 Å². The van der Waals surface area contributed by atoms with Crippen LogP contribution in [-0.2, 0) is 22.6 Å². The number of nitrogens with one attached hydrogen (secondary N) is 1. The lowest BCUT2D eigenvalue weighted by Gasteiger charge is -2.25. The van der Waals surface area contributed by atoms with Crippen LogP contribution >= 0.6 is 0 Å². The van der Waals surface area contributed by atoms with Crippen molar-refractivity contribution >= 4 is 11.7 Å². The van der Waals surface area contributed by atoms with Crippen molar-refractivity contribution in [3.63, 3.8) is 0 Å². The average molecular weight is 451 g/mol. The van der Waals surface area contributed by atoms with Gasteiger partial charge in [0, 0.05) is 43.5 Å². The van der Waals surface area contributed by atoms with E-state index in [1.54, 1.807) is 18.3 Å². The number of pyridine rings is 1. The fraction of sp³-hybridized carbons (Fsp3) is 0.375. The molecule has 1 fully saturated rings. The monoisotopic (exact) mass is 450 g/mol. The number of nitrogens with zero attached hydrogens (tertiary/aromatic N) is 5. The summed E-state index contributed by atoms with van der Waals surface area (Å²) in [6.07, 6.45) is 1.70. The summed E-state index contributed by atoms with van der Waals surface area (Å²) < 4.78 is 20.9. The van der Waals surface area contributed by atoms with Gasteiger partial charge in [-0.25, -0.2) is 9.37 Å². The van der Waals surface area contributed by atoms with Gasteiger partial charge >= 0.3 is 0 Å². The van der Waals surface area contributed by atoms with E-state index in [4.69, 9.17) is 9.84 Å². The van der Waals surface area contributed by atoms with Gasteiger partial charge in [0.1, 0.15) is 17.3 Å². The van der Waals surface area contributed by atoms with E-state index in [0.717, 1.165) is 60.8 Å². The van der Waals surface area contributed by atoms with Gasteiger partial charge in [-0.2, -0.15) is 5.10 Å². The highest BCUT2D eigenvalue weighted by Gasteiger charge is 2.25. The first-order valence-corrected chi connectivity index (χ1v) is 11.2. The number of hydrogen-bond donors (Lipinski definition) is 1. The number of amides is 1. The molecule has 33 heavy (non-hydrogen) atoms. The Morgan fingerprint density at radius 1 is 1.09 bits per heavy atom. The SMILES string of the molecule is CN1CCn2nc(-c3ccc(F)cc3)c(-c3ccnc(NC(=O)CN4CCOCC4)c3)c2C1. The highest BCUT2D eigenvalue weighted by Crippen LogP contribution is 2.37. The molecule has 4 heterocycles. The molecule has 0 bridgehead atoms. The molecule has 2 aromatic heterocycles. The van der Waals surface area contributed by atoms with Crippen molar-refractivity contribution in [2.45, 2.75) is 13.1 Å². The van der Waals surface area contributed by atoms with Gasteiger partial charge in [-0.15, -0.1) is 0 Å². The molecule has 2 aliphatic rings. The summed E-state index contributed by atoms with van der Waals surface area (Å²) in [7, 11) is 2.09. The predicted octanol–water partition coefficient (Wildman–Crippen LogP) is 2.47. The van der Waals surface area contributed by atoms with Gasteiger partial charge in [-0.3, -0.25) is 19.3 Å². The molecule has 172 valence electrons. The number of anilines is 1. The Morgan fingerprint density at radius 3 is 2.67 bits per heavy atom. The van der Waals surface area contributed by atoms with Gasteiger partial charge < -0.3 is 10.1 Å². The van der Waals surface area contributed by atoms with Crippen molar-refractivity contribution in [2.24, 2.45) is 0 Å². The first-order chi connectivity index (χ1) is 16.1. The molecule has 8 nitrogen and oxygen atoms in total. The Kier molecular flexibility index (Phi) is 6.17. The van der Waals surface area contributed by atoms with Gasteiger partial charge in [-0.05, 0) is 49.0 Å². The minimum absolute atomic E-state index is 0.0999. The molecule has 0 aliphatic carbocycles. The Bertz CT molecular complexity index is 1140. The maximum Gasteiger partial charge on any atom is 0.239 e. The fourth-order valence-corrected chi connectivity index (χ4v) is 4.35. The van der Waals surface area contributed by atoms with Crippen LogP contribution in [0.4, 0.5) is 10.2 Å². The van der Waals surface area contributed by atoms with Crippen molar-refractivity contribution < 1.29 is 13.9 Å². The van der Waals surface area contributed by atoms with E-state index in [9.17, 15) is 9.18 Å². The summed E-state index contributed by atoms with van der Waals surface area (Å²) in [5.41, 5.74) is 4.66. The molecule has 0 atom stereocenters. The zero-order valence-electron chi connectivity index (χ0n) is 18.6. The molecule has 3 aromatic rings. The maximum absolute atomic E-state index is 13.6. The molecule has 1 N–H and O–H groups in total. The quantitative estimate of drug-likeness (QED) is 0.644. The number of carbonyl (C=O) groups is 1. The van der Waals surface area contributed by atoms with Crippen LogP contribution < -0.4 is 5.32 Å². The Balaban J connectivity index is 1.46. The van der Waals surface area contributed by atoms with Crippen molar-refractivity contribution in [3.8, 4) is 22.4 Å². The number of halogens is 1. The third kappa shape index (κ3) is 4.80. The van der Waals surface area contributed by atoms with Crippen LogP contribution in [-0.4, -0.2) is 76.9 Å². The number of hydrogen-bond acceptors (Lipinski definition) is 6. The van der Waals surface area contributed by atoms with Crippen LogP contribution in [0.2, 0.25) is 0 Å². The Labute approximate surface area is 192 Å². The topological polar surface area (TPSA) is 75.5 Å². The average Bonchev–Trinajstić information content (AvgIpc) is 3.19. The van der Waals surface area contributed by atoms with E-state index in [1.807, 2.05) is 16.8 Å². The lowest BCUT2D eigenvalue weighted by atomic mass is 9.98. The molecule has 2 aliphatic heterocycles. The van der Waals surface area contributed by atoms with Crippen LogP contribution in [0.25, 0.3) is 22.4 Å². The van der Waals surface area contributed by atoms with Gasteiger partial charge in [0.2, 0.25) is 5.91 Å². The Morgan fingerprint density at radius 2 is 1.88 bits per heavy atom. The van der Waals surface area contributed by atoms with E-state index in [1.165, 1.54) is 12.1 Å². The summed E-state index contributed by atoms with van der Waals surface area (Å²) in [4.78, 5) is 21.3. The lowest BCUT2D eigenvalue weighted by Crippen LogP contribution is -2.41. The van der Waals surface area contributed by atoms with Crippen LogP contribution in [0.15, 0.2) is 42.6 Å². The van der Waals surface area contributed by atoms with Crippen molar-refractivity contribution in [1.82, 2.24) is 24.6 Å². The number of ether oxygens (including phenoxy) is 1. The number of morpholine rings is 1. The maximum atomic E-state index is 13.6. The first-order valence-electron chi connectivity index (χ1n) is 11.2. The minimum atomic E-state index is -0.279. The number of benzene rings is 1. The summed E-state index contributed by atoms with van der Waals surface area (Å²) in [5.74, 6) is 0.121. The summed E-state index contributed by atoms with van der Waals surface area (Å²) in [6, 6.07) is 10.2. The van der Waals surface area contributed by atoms with Gasteiger partial charge in [-0.1, -0.05) is 0 Å². The first kappa shape index (κ1) is 21.7. The highest BCUT2D eigenvalue weighted by molar-refractivity contribution is 5.92. The number of fused-ring (bicyclic) bond motifs is 1. The fourth-order valence-electron chi connectivity index (χ4n) is 4.35. The molecule has 1 amide bonds.